The van der Waals surface area contributed by atoms with Crippen LogP contribution in [0.4, 0.5) is 13.2 Å². The lowest BCUT2D eigenvalue weighted by atomic mass is 10.0. The van der Waals surface area contributed by atoms with Crippen LogP contribution in [0.5, 0.6) is 0 Å². The summed E-state index contributed by atoms with van der Waals surface area (Å²) in [4.78, 5) is 25.1. The van der Waals surface area contributed by atoms with E-state index < -0.39 is 12.1 Å². The molecule has 1 aromatic heterocycles. The standard InChI is InChI=1S/C18H24N4O.C2HF3O2/c1-12-7-13(2)9-14(8-12)10-22-6-5-16-15(11-22)17(20-19-16)18(23)21(3)4;3-2(4,5)1(6)7/h7-9H,5-6,10-11H2,1-4H3,(H,19,20);(H,6,7). The Bertz CT molecular complexity index is 902. The second kappa shape index (κ2) is 9.29. The molecule has 1 aliphatic heterocycles. The zero-order valence-electron chi connectivity index (χ0n) is 17.3. The molecule has 2 heterocycles. The molecule has 30 heavy (non-hydrogen) atoms. The Morgan fingerprint density at radius 1 is 1.20 bits per heavy atom. The molecular formula is C20H25F3N4O3. The van der Waals surface area contributed by atoms with E-state index in [9.17, 15) is 18.0 Å². The summed E-state index contributed by atoms with van der Waals surface area (Å²) in [5.74, 6) is -2.79. The van der Waals surface area contributed by atoms with Crippen molar-refractivity contribution in [3.05, 3.63) is 51.8 Å². The van der Waals surface area contributed by atoms with Gasteiger partial charge in [-0.2, -0.15) is 18.3 Å². The Labute approximate surface area is 172 Å². The smallest absolute Gasteiger partial charge is 0.475 e. The quantitative estimate of drug-likeness (QED) is 0.788. The lowest BCUT2D eigenvalue weighted by molar-refractivity contribution is -0.192. The van der Waals surface area contributed by atoms with Crippen LogP contribution in [-0.4, -0.2) is 63.8 Å². The number of fused-ring (bicyclic) bond motifs is 1. The van der Waals surface area contributed by atoms with Crippen molar-refractivity contribution in [3.63, 3.8) is 0 Å². The van der Waals surface area contributed by atoms with Gasteiger partial charge in [-0.05, 0) is 19.4 Å². The number of hydrogen-bond acceptors (Lipinski definition) is 4. The number of carboxylic acid groups (broad SMARTS) is 1. The van der Waals surface area contributed by atoms with E-state index in [1.54, 1.807) is 19.0 Å². The Morgan fingerprint density at radius 2 is 1.77 bits per heavy atom. The number of carbonyl (C=O) groups excluding carboxylic acids is 1. The van der Waals surface area contributed by atoms with Gasteiger partial charge in [-0.1, -0.05) is 29.3 Å². The minimum atomic E-state index is -5.08. The molecule has 0 radical (unpaired) electrons. The molecule has 1 aliphatic rings. The number of nitrogens with one attached hydrogen (secondary N) is 1. The van der Waals surface area contributed by atoms with Gasteiger partial charge >= 0.3 is 12.1 Å². The van der Waals surface area contributed by atoms with Gasteiger partial charge in [0.05, 0.1) is 0 Å². The highest BCUT2D eigenvalue weighted by Crippen LogP contribution is 2.23. The Balaban J connectivity index is 0.000000396. The predicted molar refractivity (Wildman–Crippen MR) is 104 cm³/mol. The Hall–Kier alpha value is -2.88. The van der Waals surface area contributed by atoms with Crippen molar-refractivity contribution in [3.8, 4) is 0 Å². The molecule has 0 bridgehead atoms. The molecule has 7 nitrogen and oxygen atoms in total. The van der Waals surface area contributed by atoms with Gasteiger partial charge in [-0.3, -0.25) is 14.8 Å². The van der Waals surface area contributed by atoms with Crippen molar-refractivity contribution in [1.29, 1.82) is 0 Å². The summed E-state index contributed by atoms with van der Waals surface area (Å²) in [6.07, 6.45) is -4.17. The number of nitrogens with zero attached hydrogens (tertiary/aromatic N) is 3. The summed E-state index contributed by atoms with van der Waals surface area (Å²) < 4.78 is 31.7. The van der Waals surface area contributed by atoms with Gasteiger partial charge in [0.25, 0.3) is 5.91 Å². The molecule has 2 N–H and O–H groups in total. The molecule has 0 spiro atoms. The van der Waals surface area contributed by atoms with Gasteiger partial charge in [-0.15, -0.1) is 0 Å². The minimum Gasteiger partial charge on any atom is -0.475 e. The third kappa shape index (κ3) is 6.06. The zero-order chi connectivity index (χ0) is 22.6. The monoisotopic (exact) mass is 426 g/mol. The van der Waals surface area contributed by atoms with Crippen molar-refractivity contribution in [2.45, 2.75) is 39.5 Å². The van der Waals surface area contributed by atoms with Crippen LogP contribution in [0.2, 0.25) is 0 Å². The van der Waals surface area contributed by atoms with E-state index in [1.807, 2.05) is 0 Å². The van der Waals surface area contributed by atoms with Crippen molar-refractivity contribution < 1.29 is 27.9 Å². The highest BCUT2D eigenvalue weighted by Gasteiger charge is 2.38. The zero-order valence-corrected chi connectivity index (χ0v) is 17.3. The van der Waals surface area contributed by atoms with Crippen LogP contribution in [0, 0.1) is 13.8 Å². The second-order valence-corrected chi connectivity index (χ2v) is 7.49. The fourth-order valence-electron chi connectivity index (χ4n) is 3.29. The predicted octanol–water partition coefficient (Wildman–Crippen LogP) is 2.92. The van der Waals surface area contributed by atoms with Crippen molar-refractivity contribution in [2.75, 3.05) is 20.6 Å². The van der Waals surface area contributed by atoms with Gasteiger partial charge in [0.1, 0.15) is 0 Å². The minimum absolute atomic E-state index is 0.0317. The van der Waals surface area contributed by atoms with E-state index in [0.29, 0.717) is 5.69 Å². The summed E-state index contributed by atoms with van der Waals surface area (Å²) in [5.41, 5.74) is 6.64. The average Bonchev–Trinajstić information content (AvgIpc) is 3.03. The maximum absolute atomic E-state index is 12.3. The first-order chi connectivity index (χ1) is 13.9. The summed E-state index contributed by atoms with van der Waals surface area (Å²) in [7, 11) is 3.53. The summed E-state index contributed by atoms with van der Waals surface area (Å²) >= 11 is 0. The highest BCUT2D eigenvalue weighted by molar-refractivity contribution is 5.93. The largest absolute Gasteiger partial charge is 0.490 e. The van der Waals surface area contributed by atoms with E-state index in [-0.39, 0.29) is 5.91 Å². The molecule has 2 aromatic rings. The number of aromatic amines is 1. The van der Waals surface area contributed by atoms with E-state index in [1.165, 1.54) is 16.7 Å². The first kappa shape index (κ1) is 23.4. The Kier molecular flexibility index (Phi) is 7.25. The molecular weight excluding hydrogens is 401 g/mol. The molecule has 164 valence electrons. The van der Waals surface area contributed by atoms with Gasteiger partial charge in [0.2, 0.25) is 0 Å². The van der Waals surface area contributed by atoms with Gasteiger partial charge in [0.15, 0.2) is 5.69 Å². The number of amides is 1. The maximum Gasteiger partial charge on any atom is 0.490 e. The molecule has 1 aromatic carbocycles. The molecule has 1 amide bonds. The van der Waals surface area contributed by atoms with Crippen molar-refractivity contribution >= 4 is 11.9 Å². The molecule has 0 aliphatic carbocycles. The lowest BCUT2D eigenvalue weighted by Gasteiger charge is -2.27. The van der Waals surface area contributed by atoms with Gasteiger partial charge < -0.3 is 10.0 Å². The molecule has 0 unspecified atom stereocenters. The first-order valence-electron chi connectivity index (χ1n) is 9.26. The summed E-state index contributed by atoms with van der Waals surface area (Å²) in [6, 6.07) is 6.68. The lowest BCUT2D eigenvalue weighted by Crippen LogP contribution is -2.32. The van der Waals surface area contributed by atoms with Crippen LogP contribution < -0.4 is 0 Å². The van der Waals surface area contributed by atoms with Gasteiger partial charge in [-0.25, -0.2) is 4.79 Å². The first-order valence-corrected chi connectivity index (χ1v) is 9.26. The highest BCUT2D eigenvalue weighted by atomic mass is 19.4. The number of benzene rings is 1. The number of alkyl halides is 3. The van der Waals surface area contributed by atoms with Crippen molar-refractivity contribution in [1.82, 2.24) is 20.0 Å². The van der Waals surface area contributed by atoms with Crippen LogP contribution in [0.3, 0.4) is 0 Å². The summed E-state index contributed by atoms with van der Waals surface area (Å²) in [5, 5.41) is 14.4. The maximum atomic E-state index is 12.3. The normalized spacial score (nSPS) is 13.8. The molecule has 3 rings (SSSR count). The number of aliphatic carboxylic acids is 1. The van der Waals surface area contributed by atoms with Crippen LogP contribution >= 0.6 is 0 Å². The number of carbonyl (C=O) groups is 2. The molecule has 0 atom stereocenters. The fourth-order valence-corrected chi connectivity index (χ4v) is 3.29. The third-order valence-corrected chi connectivity index (χ3v) is 4.55. The van der Waals surface area contributed by atoms with Crippen LogP contribution in [0.1, 0.15) is 38.4 Å². The van der Waals surface area contributed by atoms with Crippen molar-refractivity contribution in [2.24, 2.45) is 0 Å². The topological polar surface area (TPSA) is 89.5 Å². The molecule has 10 heteroatoms. The van der Waals surface area contributed by atoms with E-state index in [2.05, 4.69) is 47.1 Å². The van der Waals surface area contributed by atoms with E-state index >= 15 is 0 Å². The van der Waals surface area contributed by atoms with Gasteiger partial charge in [0, 0.05) is 51.4 Å². The number of aryl methyl sites for hydroxylation is 2. The SMILES string of the molecule is Cc1cc(C)cc(CN2CCc3[nH]nc(C(=O)N(C)C)c3C2)c1.O=C(O)C(F)(F)F. The number of H-pyrrole nitrogens is 1. The van der Waals surface area contributed by atoms with E-state index in [4.69, 9.17) is 9.90 Å². The fraction of sp³-hybridized carbons (Fsp3) is 0.450. The van der Waals surface area contributed by atoms with Crippen LogP contribution in [0.15, 0.2) is 18.2 Å². The number of carboxylic acids is 1. The molecule has 0 fully saturated rings. The third-order valence-electron chi connectivity index (χ3n) is 4.55. The molecule has 0 saturated heterocycles. The van der Waals surface area contributed by atoms with Crippen LogP contribution in [-0.2, 0) is 24.3 Å². The number of hydrogen-bond donors (Lipinski definition) is 2. The second-order valence-electron chi connectivity index (χ2n) is 7.49. The number of aromatic nitrogens is 2. The van der Waals surface area contributed by atoms with Crippen LogP contribution in [0.25, 0.3) is 0 Å². The average molecular weight is 426 g/mol. The molecule has 0 saturated carbocycles. The number of rotatable bonds is 3. The van der Waals surface area contributed by atoms with E-state index in [0.717, 1.165) is 37.3 Å². The summed E-state index contributed by atoms with van der Waals surface area (Å²) in [6.45, 7) is 6.93. The number of halogens is 3. The Morgan fingerprint density at radius 3 is 2.27 bits per heavy atom.